The molecule has 4 heteroatoms. The second-order valence-electron chi connectivity index (χ2n) is 5.29. The van der Waals surface area contributed by atoms with E-state index in [1.54, 1.807) is 0 Å². The van der Waals surface area contributed by atoms with Gasteiger partial charge in [-0.15, -0.1) is 0 Å². The Morgan fingerprint density at radius 2 is 1.75 bits per heavy atom. The zero-order chi connectivity index (χ0) is 14.2. The third-order valence-electron chi connectivity index (χ3n) is 3.58. The van der Waals surface area contributed by atoms with Gasteiger partial charge in [-0.1, -0.05) is 36.4 Å². The summed E-state index contributed by atoms with van der Waals surface area (Å²) >= 11 is 0. The molecule has 0 saturated heterocycles. The van der Waals surface area contributed by atoms with E-state index in [1.165, 1.54) is 0 Å². The Hall–Kier alpha value is -1.55. The summed E-state index contributed by atoms with van der Waals surface area (Å²) in [5.41, 5.74) is 0.843. The maximum absolute atomic E-state index is 12.3. The van der Waals surface area contributed by atoms with Crippen molar-refractivity contribution in [2.45, 2.75) is 25.1 Å². The highest BCUT2D eigenvalue weighted by Crippen LogP contribution is 2.44. The van der Waals surface area contributed by atoms with Gasteiger partial charge in [-0.2, -0.15) is 13.2 Å². The second kappa shape index (κ2) is 5.09. The van der Waals surface area contributed by atoms with Crippen molar-refractivity contribution in [2.24, 2.45) is 5.92 Å². The van der Waals surface area contributed by atoms with Gasteiger partial charge in [-0.25, -0.2) is 0 Å². The molecule has 1 nitrogen and oxygen atoms in total. The van der Waals surface area contributed by atoms with Crippen molar-refractivity contribution in [3.05, 3.63) is 48.0 Å². The van der Waals surface area contributed by atoms with Crippen molar-refractivity contribution >= 4 is 10.8 Å². The molecule has 1 aliphatic rings. The number of fused-ring (bicyclic) bond motifs is 1. The van der Waals surface area contributed by atoms with Crippen LogP contribution >= 0.6 is 0 Å². The first-order chi connectivity index (χ1) is 9.53. The van der Waals surface area contributed by atoms with Crippen LogP contribution in [-0.4, -0.2) is 12.8 Å². The lowest BCUT2D eigenvalue weighted by Gasteiger charge is -2.19. The summed E-state index contributed by atoms with van der Waals surface area (Å²) in [4.78, 5) is 0. The summed E-state index contributed by atoms with van der Waals surface area (Å²) in [6, 6.07) is 13.6. The van der Waals surface area contributed by atoms with Crippen molar-refractivity contribution in [3.63, 3.8) is 0 Å². The Bertz CT molecular complexity index is 602. The smallest absolute Gasteiger partial charge is 0.364 e. The molecular weight excluding hydrogens is 265 g/mol. The van der Waals surface area contributed by atoms with Crippen LogP contribution in [0.1, 0.15) is 24.5 Å². The fourth-order valence-electron chi connectivity index (χ4n) is 2.47. The van der Waals surface area contributed by atoms with Crippen LogP contribution in [0.4, 0.5) is 13.2 Å². The van der Waals surface area contributed by atoms with Crippen molar-refractivity contribution < 1.29 is 17.9 Å². The van der Waals surface area contributed by atoms with Crippen LogP contribution in [0.5, 0.6) is 0 Å². The zero-order valence-electron chi connectivity index (χ0n) is 10.9. The highest BCUT2D eigenvalue weighted by atomic mass is 19.4. The highest BCUT2D eigenvalue weighted by molar-refractivity contribution is 5.83. The summed E-state index contributed by atoms with van der Waals surface area (Å²) < 4.78 is 42.2. The van der Waals surface area contributed by atoms with E-state index in [9.17, 15) is 13.2 Å². The average molecular weight is 280 g/mol. The van der Waals surface area contributed by atoms with Crippen molar-refractivity contribution in [1.82, 2.24) is 0 Å². The Kier molecular flexibility index (Phi) is 3.42. The molecule has 1 saturated carbocycles. The first-order valence-electron chi connectivity index (χ1n) is 6.70. The lowest BCUT2D eigenvalue weighted by Crippen LogP contribution is -2.20. The number of benzene rings is 2. The molecule has 20 heavy (non-hydrogen) atoms. The largest absolute Gasteiger partial charge is 0.411 e. The van der Waals surface area contributed by atoms with Gasteiger partial charge in [0.1, 0.15) is 6.61 Å². The summed E-state index contributed by atoms with van der Waals surface area (Å²) in [5, 5.41) is 2.12. The van der Waals surface area contributed by atoms with E-state index in [0.29, 0.717) is 0 Å². The third-order valence-corrected chi connectivity index (χ3v) is 3.58. The van der Waals surface area contributed by atoms with Gasteiger partial charge < -0.3 is 4.74 Å². The molecule has 1 fully saturated rings. The summed E-state index contributed by atoms with van der Waals surface area (Å²) in [6.07, 6.45) is -2.84. The molecule has 2 aromatic carbocycles. The van der Waals surface area contributed by atoms with Crippen LogP contribution in [0.15, 0.2) is 42.5 Å². The minimum Gasteiger partial charge on any atom is -0.364 e. The molecule has 0 radical (unpaired) electrons. The van der Waals surface area contributed by atoms with Gasteiger partial charge >= 0.3 is 6.18 Å². The van der Waals surface area contributed by atoms with Gasteiger partial charge in [0, 0.05) is 0 Å². The molecule has 0 amide bonds. The first-order valence-corrected chi connectivity index (χ1v) is 6.70. The van der Waals surface area contributed by atoms with Gasteiger partial charge in [0.25, 0.3) is 0 Å². The Balaban J connectivity index is 1.85. The van der Waals surface area contributed by atoms with Crippen LogP contribution in [0.3, 0.4) is 0 Å². The monoisotopic (exact) mass is 280 g/mol. The van der Waals surface area contributed by atoms with Crippen LogP contribution < -0.4 is 0 Å². The number of hydrogen-bond donors (Lipinski definition) is 0. The molecule has 1 unspecified atom stereocenters. The second-order valence-corrected chi connectivity index (χ2v) is 5.29. The standard InChI is InChI=1S/C16H15F3O/c17-16(18,19)10-20-15(12-6-7-12)14-8-5-11-3-1-2-4-13(11)9-14/h1-5,8-9,12,15H,6-7,10H2. The number of halogens is 3. The molecular formula is C16H15F3O. The SMILES string of the molecule is FC(F)(F)COC(c1ccc2ccccc2c1)C1CC1. The number of ether oxygens (including phenoxy) is 1. The van der Waals surface area contributed by atoms with Gasteiger partial charge in [0.15, 0.2) is 0 Å². The molecule has 1 aliphatic carbocycles. The normalized spacial score (nSPS) is 17.4. The Labute approximate surface area is 115 Å². The number of alkyl halides is 3. The topological polar surface area (TPSA) is 9.23 Å². The zero-order valence-corrected chi connectivity index (χ0v) is 10.9. The lowest BCUT2D eigenvalue weighted by molar-refractivity contribution is -0.188. The third kappa shape index (κ3) is 3.12. The van der Waals surface area contributed by atoms with E-state index in [1.807, 2.05) is 42.5 Å². The molecule has 0 aromatic heterocycles. The molecule has 0 heterocycles. The predicted octanol–water partition coefficient (Wildman–Crippen LogP) is 4.87. The Morgan fingerprint density at radius 3 is 2.40 bits per heavy atom. The molecule has 1 atom stereocenters. The lowest BCUT2D eigenvalue weighted by atomic mass is 10.0. The minimum atomic E-state index is -4.27. The quantitative estimate of drug-likeness (QED) is 0.776. The molecule has 106 valence electrons. The molecule has 3 rings (SSSR count). The van der Waals surface area contributed by atoms with Crippen molar-refractivity contribution in [3.8, 4) is 0 Å². The maximum Gasteiger partial charge on any atom is 0.411 e. The number of hydrogen-bond acceptors (Lipinski definition) is 1. The number of rotatable bonds is 4. The fraction of sp³-hybridized carbons (Fsp3) is 0.375. The molecule has 0 aliphatic heterocycles. The van der Waals surface area contributed by atoms with Crippen LogP contribution in [-0.2, 0) is 4.74 Å². The van der Waals surface area contributed by atoms with E-state index in [-0.39, 0.29) is 5.92 Å². The Morgan fingerprint density at radius 1 is 1.05 bits per heavy atom. The van der Waals surface area contributed by atoms with E-state index in [4.69, 9.17) is 4.74 Å². The average Bonchev–Trinajstić information content (AvgIpc) is 3.22. The predicted molar refractivity (Wildman–Crippen MR) is 71.4 cm³/mol. The molecule has 0 bridgehead atoms. The summed E-state index contributed by atoms with van der Waals surface area (Å²) in [6.45, 7) is -1.18. The van der Waals surface area contributed by atoms with Crippen LogP contribution in [0.25, 0.3) is 10.8 Å². The van der Waals surface area contributed by atoms with Crippen LogP contribution in [0.2, 0.25) is 0 Å². The van der Waals surface area contributed by atoms with Gasteiger partial charge in [-0.05, 0) is 41.2 Å². The first kappa shape index (κ1) is 13.4. The molecule has 0 N–H and O–H groups in total. The van der Waals surface area contributed by atoms with Crippen molar-refractivity contribution in [1.29, 1.82) is 0 Å². The summed E-state index contributed by atoms with van der Waals surface area (Å²) in [7, 11) is 0. The van der Waals surface area contributed by atoms with Gasteiger partial charge in [-0.3, -0.25) is 0 Å². The van der Waals surface area contributed by atoms with E-state index < -0.39 is 18.9 Å². The van der Waals surface area contributed by atoms with Gasteiger partial charge in [0.2, 0.25) is 0 Å². The van der Waals surface area contributed by atoms with E-state index in [2.05, 4.69) is 0 Å². The van der Waals surface area contributed by atoms with Gasteiger partial charge in [0.05, 0.1) is 6.10 Å². The van der Waals surface area contributed by atoms with Crippen LogP contribution in [0, 0.1) is 5.92 Å². The highest BCUT2D eigenvalue weighted by Gasteiger charge is 2.37. The van der Waals surface area contributed by atoms with E-state index in [0.717, 1.165) is 29.2 Å². The fourth-order valence-corrected chi connectivity index (χ4v) is 2.47. The molecule has 0 spiro atoms. The molecule has 2 aromatic rings. The van der Waals surface area contributed by atoms with Crippen molar-refractivity contribution in [2.75, 3.05) is 6.61 Å². The minimum absolute atomic E-state index is 0.221. The van der Waals surface area contributed by atoms with E-state index >= 15 is 0 Å². The maximum atomic E-state index is 12.3. The summed E-state index contributed by atoms with van der Waals surface area (Å²) in [5.74, 6) is 0.221.